The molecule has 1 unspecified atom stereocenters. The first-order valence-corrected chi connectivity index (χ1v) is 16.8. The second kappa shape index (κ2) is 13.5. The maximum absolute atomic E-state index is 13.3. The summed E-state index contributed by atoms with van der Waals surface area (Å²) in [7, 11) is -3.11. The quantitative estimate of drug-likeness (QED) is 0.0947. The molecule has 216 valence electrons. The molecule has 2 aliphatic rings. The molecular formula is C34H40N2O4S. The lowest BCUT2D eigenvalue weighted by Gasteiger charge is -2.26. The van der Waals surface area contributed by atoms with Crippen LogP contribution in [-0.4, -0.2) is 44.3 Å². The minimum atomic E-state index is -3.11. The summed E-state index contributed by atoms with van der Waals surface area (Å²) in [6.07, 6.45) is 10.0. The normalized spacial score (nSPS) is 17.8. The van der Waals surface area contributed by atoms with Crippen LogP contribution in [0.25, 0.3) is 11.1 Å². The van der Waals surface area contributed by atoms with Crippen molar-refractivity contribution in [1.29, 1.82) is 0 Å². The topological polar surface area (TPSA) is 76.0 Å². The third-order valence-corrected chi connectivity index (χ3v) is 9.76. The van der Waals surface area contributed by atoms with Crippen molar-refractivity contribution in [2.24, 2.45) is 5.10 Å². The Morgan fingerprint density at radius 3 is 2.20 bits per heavy atom. The summed E-state index contributed by atoms with van der Waals surface area (Å²) in [5.41, 5.74) is 5.66. The molecular weight excluding hydrogens is 532 g/mol. The first kappa shape index (κ1) is 29.1. The van der Waals surface area contributed by atoms with Crippen molar-refractivity contribution in [3.8, 4) is 11.1 Å². The highest BCUT2D eigenvalue weighted by molar-refractivity contribution is 7.91. The summed E-state index contributed by atoms with van der Waals surface area (Å²) in [5, 5.41) is 6.99. The number of anilines is 1. The Kier molecular flexibility index (Phi) is 9.55. The number of esters is 1. The van der Waals surface area contributed by atoms with Crippen molar-refractivity contribution in [2.75, 3.05) is 23.1 Å². The predicted molar refractivity (Wildman–Crippen MR) is 166 cm³/mol. The Balaban J connectivity index is 1.39. The van der Waals surface area contributed by atoms with Gasteiger partial charge in [-0.3, -0.25) is 5.01 Å². The first-order chi connectivity index (χ1) is 20.0. The van der Waals surface area contributed by atoms with E-state index >= 15 is 0 Å². The number of carbonyl (C=O) groups is 1. The number of benzene rings is 3. The Labute approximate surface area is 244 Å². The molecule has 0 aromatic heterocycles. The summed E-state index contributed by atoms with van der Waals surface area (Å²) in [4.78, 5) is 13.3. The van der Waals surface area contributed by atoms with E-state index in [-0.39, 0.29) is 23.5 Å². The van der Waals surface area contributed by atoms with Gasteiger partial charge in [0.05, 0.1) is 41.1 Å². The van der Waals surface area contributed by atoms with Gasteiger partial charge < -0.3 is 4.74 Å². The van der Waals surface area contributed by atoms with Crippen LogP contribution in [0.1, 0.15) is 86.2 Å². The number of fused-ring (bicyclic) bond motifs is 3. The first-order valence-electron chi connectivity index (χ1n) is 15.0. The maximum Gasteiger partial charge on any atom is 0.338 e. The second-order valence-corrected chi connectivity index (χ2v) is 13.3. The molecule has 1 heterocycles. The van der Waals surface area contributed by atoms with Gasteiger partial charge in [-0.15, -0.1) is 0 Å². The van der Waals surface area contributed by atoms with E-state index in [1.165, 1.54) is 38.5 Å². The fourth-order valence-corrected chi connectivity index (χ4v) is 7.55. The highest BCUT2D eigenvalue weighted by Gasteiger charge is 2.35. The number of hydrogen-bond donors (Lipinski definition) is 0. The molecule has 1 fully saturated rings. The smallest absolute Gasteiger partial charge is 0.338 e. The molecule has 1 atom stereocenters. The minimum absolute atomic E-state index is 0.0677. The number of ether oxygens (including phenoxy) is 1. The predicted octanol–water partition coefficient (Wildman–Crippen LogP) is 7.41. The van der Waals surface area contributed by atoms with Gasteiger partial charge in [0.1, 0.15) is 0 Å². The fraction of sp³-hybridized carbons (Fsp3) is 0.412. The zero-order valence-corrected chi connectivity index (χ0v) is 24.7. The molecule has 0 N–H and O–H groups in total. The zero-order valence-electron chi connectivity index (χ0n) is 23.9. The Morgan fingerprint density at radius 2 is 1.49 bits per heavy atom. The Hall–Kier alpha value is -3.45. The summed E-state index contributed by atoms with van der Waals surface area (Å²) in [6, 6.07) is 23.1. The number of hydrogen-bond acceptors (Lipinski definition) is 6. The van der Waals surface area contributed by atoms with Crippen LogP contribution in [0.5, 0.6) is 0 Å². The summed E-state index contributed by atoms with van der Waals surface area (Å²) in [6.45, 7) is 2.64. The molecule has 1 aliphatic carbocycles. The van der Waals surface area contributed by atoms with Crippen LogP contribution in [-0.2, 0) is 14.6 Å². The fourth-order valence-electron chi connectivity index (χ4n) is 5.86. The lowest BCUT2D eigenvalue weighted by atomic mass is 9.99. The molecule has 0 saturated carbocycles. The van der Waals surface area contributed by atoms with E-state index in [0.29, 0.717) is 18.6 Å². The van der Waals surface area contributed by atoms with Crippen molar-refractivity contribution in [2.45, 2.75) is 70.8 Å². The molecule has 0 spiro atoms. The zero-order chi connectivity index (χ0) is 28.7. The molecule has 5 rings (SSSR count). The molecule has 3 aromatic carbocycles. The van der Waals surface area contributed by atoms with Crippen LogP contribution in [0.15, 0.2) is 77.9 Å². The van der Waals surface area contributed by atoms with Crippen LogP contribution in [0, 0.1) is 0 Å². The maximum atomic E-state index is 13.3. The minimum Gasteiger partial charge on any atom is -0.462 e. The molecule has 7 heteroatoms. The number of para-hydroxylation sites is 1. The van der Waals surface area contributed by atoms with Gasteiger partial charge in [0.15, 0.2) is 9.84 Å². The van der Waals surface area contributed by atoms with E-state index in [2.05, 4.69) is 6.92 Å². The number of hydrazone groups is 1. The average Bonchev–Trinajstić information content (AvgIpc) is 3.51. The lowest BCUT2D eigenvalue weighted by Crippen LogP contribution is -2.33. The van der Waals surface area contributed by atoms with Gasteiger partial charge >= 0.3 is 5.97 Å². The van der Waals surface area contributed by atoms with Crippen molar-refractivity contribution in [3.63, 3.8) is 0 Å². The molecule has 0 radical (unpaired) electrons. The molecule has 0 bridgehead atoms. The van der Waals surface area contributed by atoms with Crippen LogP contribution >= 0.6 is 0 Å². The van der Waals surface area contributed by atoms with Gasteiger partial charge in [0.25, 0.3) is 0 Å². The third kappa shape index (κ3) is 6.89. The van der Waals surface area contributed by atoms with Gasteiger partial charge in [-0.1, -0.05) is 106 Å². The van der Waals surface area contributed by atoms with E-state index in [0.717, 1.165) is 46.5 Å². The number of nitrogens with zero attached hydrogens (tertiary/aromatic N) is 2. The van der Waals surface area contributed by atoms with Crippen molar-refractivity contribution in [1.82, 2.24) is 0 Å². The van der Waals surface area contributed by atoms with Gasteiger partial charge in [-0.25, -0.2) is 13.2 Å². The van der Waals surface area contributed by atoms with E-state index in [4.69, 9.17) is 9.84 Å². The monoisotopic (exact) mass is 572 g/mol. The standard InChI is InChI=1S/C34H40N2O4S/c1-2-3-4-5-6-7-8-14-23-40-34(37)31-21-15-20-30-32(31)28-18-12-13-19-29(28)33(30)35-36(26-16-10-9-11-17-26)27-22-24-41(38,39)25-27/h9-13,15-21,27H,2-8,14,22-25H2,1H3/b35-33+. The van der Waals surface area contributed by atoms with Gasteiger partial charge in [0, 0.05) is 16.7 Å². The van der Waals surface area contributed by atoms with Crippen molar-refractivity contribution < 1.29 is 17.9 Å². The number of rotatable bonds is 13. The van der Waals surface area contributed by atoms with Gasteiger partial charge in [-0.2, -0.15) is 5.10 Å². The van der Waals surface area contributed by atoms with E-state index < -0.39 is 9.84 Å². The molecule has 6 nitrogen and oxygen atoms in total. The van der Waals surface area contributed by atoms with Gasteiger partial charge in [-0.05, 0) is 36.6 Å². The Morgan fingerprint density at radius 1 is 0.829 bits per heavy atom. The van der Waals surface area contributed by atoms with Crippen LogP contribution in [0.4, 0.5) is 5.69 Å². The largest absolute Gasteiger partial charge is 0.462 e. The molecule has 0 amide bonds. The summed E-state index contributed by atoms with van der Waals surface area (Å²) >= 11 is 0. The summed E-state index contributed by atoms with van der Waals surface area (Å²) < 4.78 is 30.6. The molecule has 41 heavy (non-hydrogen) atoms. The number of sulfone groups is 1. The molecule has 1 saturated heterocycles. The van der Waals surface area contributed by atoms with Gasteiger partial charge in [0.2, 0.25) is 0 Å². The van der Waals surface area contributed by atoms with Crippen molar-refractivity contribution >= 4 is 27.2 Å². The van der Waals surface area contributed by atoms with Crippen LogP contribution in [0.3, 0.4) is 0 Å². The van der Waals surface area contributed by atoms with E-state index in [1.54, 1.807) is 0 Å². The molecule has 1 aliphatic heterocycles. The van der Waals surface area contributed by atoms with Crippen LogP contribution in [0.2, 0.25) is 0 Å². The summed E-state index contributed by atoms with van der Waals surface area (Å²) in [5.74, 6) is -0.0887. The van der Waals surface area contributed by atoms with E-state index in [1.807, 2.05) is 77.8 Å². The van der Waals surface area contributed by atoms with Crippen LogP contribution < -0.4 is 5.01 Å². The SMILES string of the molecule is CCCCCCCCCCOC(=O)c1cccc2c1-c1ccccc1/C2=N\N(c1ccccc1)C1CCS(=O)(=O)C1. The Bertz CT molecular complexity index is 1480. The molecule has 3 aromatic rings. The van der Waals surface area contributed by atoms with Crippen molar-refractivity contribution in [3.05, 3.63) is 89.5 Å². The van der Waals surface area contributed by atoms with E-state index in [9.17, 15) is 13.2 Å². The second-order valence-electron chi connectivity index (χ2n) is 11.1. The highest BCUT2D eigenvalue weighted by Crippen LogP contribution is 2.40. The third-order valence-electron chi connectivity index (χ3n) is 8.00. The average molecular weight is 573 g/mol. The number of carbonyl (C=O) groups excluding carboxylic acids is 1. The highest BCUT2D eigenvalue weighted by atomic mass is 32.2. The lowest BCUT2D eigenvalue weighted by molar-refractivity contribution is 0.0498. The number of unbranched alkanes of at least 4 members (excludes halogenated alkanes) is 7.